The van der Waals surface area contributed by atoms with Crippen molar-refractivity contribution in [3.05, 3.63) is 65.5 Å². The van der Waals surface area contributed by atoms with Crippen molar-refractivity contribution in [3.63, 3.8) is 0 Å². The predicted molar refractivity (Wildman–Crippen MR) is 81.4 cm³/mol. The molecule has 0 aliphatic carbocycles. The van der Waals surface area contributed by atoms with Gasteiger partial charge in [0.2, 0.25) is 0 Å². The van der Waals surface area contributed by atoms with Crippen LogP contribution in [0.4, 0.5) is 4.39 Å². The van der Waals surface area contributed by atoms with E-state index in [0.29, 0.717) is 11.3 Å². The molecule has 0 spiro atoms. The average Bonchev–Trinajstić information content (AvgIpc) is 2.45. The van der Waals surface area contributed by atoms with Crippen LogP contribution in [-0.2, 0) is 6.61 Å². The number of hydrogen-bond acceptors (Lipinski definition) is 3. The maximum Gasteiger partial charge on any atom is 0.257 e. The van der Waals surface area contributed by atoms with E-state index in [-0.39, 0.29) is 23.4 Å². The molecule has 4 nitrogen and oxygen atoms in total. The Morgan fingerprint density at radius 3 is 2.57 bits per heavy atom. The van der Waals surface area contributed by atoms with Crippen molar-refractivity contribution in [2.24, 2.45) is 5.73 Å². The molecular formula is C15H13FN2O2S. The third-order valence-corrected chi connectivity index (χ3v) is 2.75. The zero-order valence-electron chi connectivity index (χ0n) is 11.0. The molecule has 0 atom stereocenters. The van der Waals surface area contributed by atoms with Crippen molar-refractivity contribution in [2.45, 2.75) is 6.61 Å². The number of nitrogens with two attached hydrogens (primary N) is 1. The van der Waals surface area contributed by atoms with Crippen molar-refractivity contribution < 1.29 is 13.9 Å². The molecule has 0 aliphatic rings. The third-order valence-electron chi connectivity index (χ3n) is 2.65. The maximum absolute atomic E-state index is 13.0. The molecule has 6 heteroatoms. The molecule has 0 heterocycles. The predicted octanol–water partition coefficient (Wildman–Crippen LogP) is 2.38. The summed E-state index contributed by atoms with van der Waals surface area (Å²) in [7, 11) is 0. The van der Waals surface area contributed by atoms with Gasteiger partial charge in [-0.15, -0.1) is 0 Å². The van der Waals surface area contributed by atoms with Crippen LogP contribution in [0.25, 0.3) is 0 Å². The molecule has 0 bridgehead atoms. The first kappa shape index (κ1) is 14.9. The Morgan fingerprint density at radius 1 is 1.24 bits per heavy atom. The van der Waals surface area contributed by atoms with Gasteiger partial charge < -0.3 is 10.5 Å². The molecule has 3 N–H and O–H groups in total. The number of benzene rings is 2. The largest absolute Gasteiger partial charge is 0.489 e. The number of hydrogen-bond donors (Lipinski definition) is 2. The molecule has 2 aromatic rings. The molecule has 1 amide bonds. The van der Waals surface area contributed by atoms with E-state index in [2.05, 4.69) is 17.5 Å². The van der Waals surface area contributed by atoms with E-state index in [1.54, 1.807) is 36.4 Å². The van der Waals surface area contributed by atoms with Crippen molar-refractivity contribution in [1.29, 1.82) is 0 Å². The highest BCUT2D eigenvalue weighted by atomic mass is 32.1. The third kappa shape index (κ3) is 4.54. The van der Waals surface area contributed by atoms with Crippen LogP contribution in [0.5, 0.6) is 5.75 Å². The van der Waals surface area contributed by atoms with Gasteiger partial charge in [0, 0.05) is 5.56 Å². The van der Waals surface area contributed by atoms with Crippen LogP contribution in [0.2, 0.25) is 0 Å². The first-order chi connectivity index (χ1) is 10.0. The van der Waals surface area contributed by atoms with Gasteiger partial charge in [-0.2, -0.15) is 0 Å². The molecule has 0 unspecified atom stereocenters. The van der Waals surface area contributed by atoms with Gasteiger partial charge in [0.15, 0.2) is 5.11 Å². The van der Waals surface area contributed by atoms with Crippen LogP contribution in [0.15, 0.2) is 48.5 Å². The smallest absolute Gasteiger partial charge is 0.257 e. The first-order valence-corrected chi connectivity index (χ1v) is 6.53. The molecule has 0 radical (unpaired) electrons. The molecule has 0 saturated heterocycles. The number of amides is 1. The zero-order valence-corrected chi connectivity index (χ0v) is 11.8. The Hall–Kier alpha value is -2.47. The van der Waals surface area contributed by atoms with Crippen molar-refractivity contribution in [3.8, 4) is 5.75 Å². The minimum Gasteiger partial charge on any atom is -0.489 e. The van der Waals surface area contributed by atoms with E-state index < -0.39 is 0 Å². The second kappa shape index (κ2) is 6.81. The van der Waals surface area contributed by atoms with E-state index in [1.807, 2.05) is 0 Å². The summed E-state index contributed by atoms with van der Waals surface area (Å²) in [6.45, 7) is 0.246. The Balaban J connectivity index is 1.96. The van der Waals surface area contributed by atoms with Gasteiger partial charge in [-0.1, -0.05) is 12.1 Å². The molecule has 2 aromatic carbocycles. The topological polar surface area (TPSA) is 64.3 Å². The van der Waals surface area contributed by atoms with Crippen molar-refractivity contribution in [2.75, 3.05) is 0 Å². The average molecular weight is 304 g/mol. The highest BCUT2D eigenvalue weighted by Crippen LogP contribution is 2.14. The van der Waals surface area contributed by atoms with Crippen LogP contribution in [-0.4, -0.2) is 11.0 Å². The van der Waals surface area contributed by atoms with Gasteiger partial charge in [-0.3, -0.25) is 10.1 Å². The molecule has 0 aliphatic heterocycles. The fourth-order valence-electron chi connectivity index (χ4n) is 1.68. The molecule has 2 rings (SSSR count). The van der Waals surface area contributed by atoms with Crippen molar-refractivity contribution >= 4 is 23.2 Å². The lowest BCUT2D eigenvalue weighted by Crippen LogP contribution is -2.34. The second-order valence-corrected chi connectivity index (χ2v) is 4.70. The number of rotatable bonds is 4. The van der Waals surface area contributed by atoms with Gasteiger partial charge in [-0.05, 0) is 54.2 Å². The highest BCUT2D eigenvalue weighted by molar-refractivity contribution is 7.80. The minimum atomic E-state index is -0.376. The number of carbonyl (C=O) groups excluding carboxylic acids is 1. The van der Waals surface area contributed by atoms with Gasteiger partial charge in [0.05, 0.1) is 0 Å². The van der Waals surface area contributed by atoms with Crippen LogP contribution in [0, 0.1) is 5.82 Å². The summed E-state index contributed by atoms with van der Waals surface area (Å²) in [6.07, 6.45) is 0. The van der Waals surface area contributed by atoms with Crippen LogP contribution in [0.3, 0.4) is 0 Å². The number of halogens is 1. The standard InChI is InChI=1S/C15H13FN2O2S/c16-12-3-1-2-10(8-12)9-20-13-6-4-11(5-7-13)14(19)18-15(17)21/h1-8H,9H2,(H3,17,18,19,21). The lowest BCUT2D eigenvalue weighted by Gasteiger charge is -2.07. The number of thiocarbonyl (C=S) groups is 1. The Kier molecular flexibility index (Phi) is 4.84. The maximum atomic E-state index is 13.0. The molecule has 108 valence electrons. The van der Waals surface area contributed by atoms with Gasteiger partial charge in [0.1, 0.15) is 18.2 Å². The number of nitrogens with one attached hydrogen (secondary N) is 1. The highest BCUT2D eigenvalue weighted by Gasteiger charge is 2.06. The molecule has 0 saturated carbocycles. The van der Waals surface area contributed by atoms with Crippen LogP contribution >= 0.6 is 12.2 Å². The Labute approximate surface area is 126 Å². The summed E-state index contributed by atoms with van der Waals surface area (Å²) in [4.78, 5) is 11.6. The van der Waals surface area contributed by atoms with Crippen LogP contribution < -0.4 is 15.8 Å². The van der Waals surface area contributed by atoms with E-state index in [9.17, 15) is 9.18 Å². The quantitative estimate of drug-likeness (QED) is 0.851. The summed E-state index contributed by atoms with van der Waals surface area (Å²) in [5.74, 6) is -0.105. The summed E-state index contributed by atoms with van der Waals surface area (Å²) < 4.78 is 18.5. The fourth-order valence-corrected chi connectivity index (χ4v) is 1.77. The summed E-state index contributed by atoms with van der Waals surface area (Å²) >= 11 is 4.59. The molecule has 0 fully saturated rings. The van der Waals surface area contributed by atoms with E-state index in [4.69, 9.17) is 10.5 Å². The fraction of sp³-hybridized carbons (Fsp3) is 0.0667. The van der Waals surface area contributed by atoms with Gasteiger partial charge >= 0.3 is 0 Å². The van der Waals surface area contributed by atoms with Gasteiger partial charge in [-0.25, -0.2) is 4.39 Å². The lowest BCUT2D eigenvalue weighted by atomic mass is 10.2. The molecule has 21 heavy (non-hydrogen) atoms. The van der Waals surface area contributed by atoms with Crippen LogP contribution in [0.1, 0.15) is 15.9 Å². The molecular weight excluding hydrogens is 291 g/mol. The Bertz CT molecular complexity index is 659. The summed E-state index contributed by atoms with van der Waals surface area (Å²) in [5.41, 5.74) is 6.37. The normalized spacial score (nSPS) is 9.95. The summed E-state index contributed by atoms with van der Waals surface area (Å²) in [5, 5.41) is 2.25. The number of carbonyl (C=O) groups is 1. The second-order valence-electron chi connectivity index (χ2n) is 4.26. The van der Waals surface area contributed by atoms with Crippen molar-refractivity contribution in [1.82, 2.24) is 5.32 Å². The summed E-state index contributed by atoms with van der Waals surface area (Å²) in [6, 6.07) is 12.7. The Morgan fingerprint density at radius 2 is 1.95 bits per heavy atom. The minimum absolute atomic E-state index is 0.0774. The van der Waals surface area contributed by atoms with E-state index >= 15 is 0 Å². The lowest BCUT2D eigenvalue weighted by molar-refractivity contribution is 0.0977. The SMILES string of the molecule is NC(=S)NC(=O)c1ccc(OCc2cccc(F)c2)cc1. The van der Waals surface area contributed by atoms with Gasteiger partial charge in [0.25, 0.3) is 5.91 Å². The van der Waals surface area contributed by atoms with E-state index in [1.165, 1.54) is 12.1 Å². The number of ether oxygens (including phenoxy) is 1. The zero-order chi connectivity index (χ0) is 15.2. The van der Waals surface area contributed by atoms with E-state index in [0.717, 1.165) is 5.56 Å². The molecule has 0 aromatic heterocycles. The monoisotopic (exact) mass is 304 g/mol. The first-order valence-electron chi connectivity index (χ1n) is 6.12.